The van der Waals surface area contributed by atoms with Crippen molar-refractivity contribution < 1.29 is 11.8 Å². The molecule has 0 bridgehead atoms. The lowest BCUT2D eigenvalue weighted by Gasteiger charge is -1.83. The fourth-order valence-corrected chi connectivity index (χ4v) is 0.151. The van der Waals surface area contributed by atoms with Gasteiger partial charge in [0.15, 0.2) is 0 Å². The van der Waals surface area contributed by atoms with Crippen molar-refractivity contribution in [3.63, 3.8) is 0 Å². The van der Waals surface area contributed by atoms with Crippen molar-refractivity contribution in [1.29, 1.82) is 0 Å². The first-order chi connectivity index (χ1) is 4.22. The summed E-state index contributed by atoms with van der Waals surface area (Å²) in [6, 6.07) is 0. The van der Waals surface area contributed by atoms with Crippen molar-refractivity contribution in [2.24, 2.45) is 10.3 Å². The van der Waals surface area contributed by atoms with Gasteiger partial charge in [-0.05, 0) is 0 Å². The summed E-state index contributed by atoms with van der Waals surface area (Å²) in [4.78, 5) is 0. The van der Waals surface area contributed by atoms with E-state index < -0.39 is 5.17 Å². The Morgan fingerprint density at radius 2 is 1.88 bits per heavy atom. The third-order valence-electron chi connectivity index (χ3n) is 0.338. The summed E-state index contributed by atoms with van der Waals surface area (Å²) in [6.07, 6.45) is 0. The van der Waals surface area contributed by atoms with E-state index in [0.717, 1.165) is 0 Å². The van der Waals surface area contributed by atoms with Gasteiger partial charge < -0.3 is 10.4 Å². The molecule has 0 aliphatic heterocycles. The van der Waals surface area contributed by atoms with Crippen molar-refractivity contribution in [2.45, 2.75) is 0 Å². The Balaban J connectivity index is 4.03. The van der Waals surface area contributed by atoms with Crippen LogP contribution in [0.2, 0.25) is 1.43 Å². The quantitative estimate of drug-likeness (QED) is 0.358. The predicted molar refractivity (Wildman–Crippen MR) is 30.1 cm³/mol. The van der Waals surface area contributed by atoms with E-state index >= 15 is 0 Å². The van der Waals surface area contributed by atoms with Gasteiger partial charge in [0.1, 0.15) is 0 Å². The molecule has 0 spiro atoms. The van der Waals surface area contributed by atoms with Crippen LogP contribution in [0.1, 0.15) is 0 Å². The Hall–Kier alpha value is -0.480. The van der Waals surface area contributed by atoms with Crippen LogP contribution >= 0.6 is 23.2 Å². The second-order valence-corrected chi connectivity index (χ2v) is 1.49. The topological polar surface area (TPSA) is 65.2 Å². The fourth-order valence-electron chi connectivity index (χ4n) is 0.0789. The van der Waals surface area contributed by atoms with E-state index in [2.05, 4.69) is 15.5 Å². The van der Waals surface area contributed by atoms with Gasteiger partial charge in [-0.2, -0.15) is 0 Å². The van der Waals surface area contributed by atoms with E-state index in [4.69, 9.17) is 29.8 Å². The zero-order valence-electron chi connectivity index (χ0n) is 4.51. The van der Waals surface area contributed by atoms with Crippen LogP contribution in [0.3, 0.4) is 0 Å². The van der Waals surface area contributed by atoms with Gasteiger partial charge in [0, 0.05) is 0 Å². The summed E-state index contributed by atoms with van der Waals surface area (Å²) in [6.45, 7) is 0. The summed E-state index contributed by atoms with van der Waals surface area (Å²) >= 11 is 10.2. The molecule has 0 aromatic carbocycles. The highest BCUT2D eigenvalue weighted by Crippen LogP contribution is 1.93. The third kappa shape index (κ3) is 1.99. The maximum atomic E-state index is 7.91. The molecule has 0 aliphatic carbocycles. The van der Waals surface area contributed by atoms with Crippen LogP contribution in [0.25, 0.3) is 0 Å². The molecule has 0 atom stereocenters. The van der Waals surface area contributed by atoms with Crippen molar-refractivity contribution in [1.82, 2.24) is 0 Å². The summed E-state index contributed by atoms with van der Waals surface area (Å²) < 4.78 is 6.03. The molecule has 0 saturated heterocycles. The number of hydrogen-bond donors (Lipinski definition) is 2. The number of oxime groups is 2. The van der Waals surface area contributed by atoms with E-state index in [1.165, 1.54) is 0 Å². The first kappa shape index (κ1) is 5.65. The molecule has 0 amide bonds. The summed E-state index contributed by atoms with van der Waals surface area (Å²) in [5.74, 6) is 0. The SMILES string of the molecule is [2H]ON=C(Cl)C(Cl)=NO. The molecule has 8 heavy (non-hydrogen) atoms. The van der Waals surface area contributed by atoms with Crippen LogP contribution in [0.5, 0.6) is 0 Å². The van der Waals surface area contributed by atoms with Crippen LogP contribution in [0.4, 0.5) is 0 Å². The van der Waals surface area contributed by atoms with Gasteiger partial charge in [-0.25, -0.2) is 0 Å². The van der Waals surface area contributed by atoms with Gasteiger partial charge in [0.25, 0.3) is 0 Å². The van der Waals surface area contributed by atoms with Crippen LogP contribution < -0.4 is 0 Å². The molecule has 2 N–H and O–H groups in total. The van der Waals surface area contributed by atoms with Crippen LogP contribution in [-0.2, 0) is 0 Å². The predicted octanol–water partition coefficient (Wildman–Crippen LogP) is 1.04. The van der Waals surface area contributed by atoms with Crippen molar-refractivity contribution in [3.8, 4) is 0 Å². The van der Waals surface area contributed by atoms with Crippen LogP contribution in [-0.4, -0.2) is 20.8 Å². The van der Waals surface area contributed by atoms with Crippen molar-refractivity contribution >= 4 is 33.5 Å². The standard InChI is InChI=1S/C2H2Cl2N2O2/c3-1(5-7)2(4)6-8/h7-8H/i/hD. The molecule has 0 fully saturated rings. The Bertz CT molecular complexity index is 148. The van der Waals surface area contributed by atoms with Crippen molar-refractivity contribution in [2.75, 3.05) is 0 Å². The minimum Gasteiger partial charge on any atom is -0.410 e. The first-order valence-electron chi connectivity index (χ1n) is 1.87. The van der Waals surface area contributed by atoms with E-state index in [9.17, 15) is 0 Å². The molecule has 0 aromatic rings. The number of nitrogens with zero attached hydrogens (tertiary/aromatic N) is 2. The average Bonchev–Trinajstić information content (AvgIpc) is 1.87. The minimum atomic E-state index is -0.427. The zero-order valence-corrected chi connectivity index (χ0v) is 5.02. The molecule has 0 aliphatic rings. The molecule has 0 heterocycles. The van der Waals surface area contributed by atoms with Gasteiger partial charge in [-0.3, -0.25) is 0 Å². The second kappa shape index (κ2) is 3.51. The number of rotatable bonds is 2. The van der Waals surface area contributed by atoms with Crippen LogP contribution in [0, 0.1) is 0 Å². The minimum absolute atomic E-state index is 0.380. The number of halogens is 2. The highest BCUT2D eigenvalue weighted by Gasteiger charge is 2.00. The van der Waals surface area contributed by atoms with E-state index in [1.54, 1.807) is 0 Å². The van der Waals surface area contributed by atoms with Crippen LogP contribution in [0.15, 0.2) is 10.3 Å². The molecular formula is C2H2Cl2N2O2. The Morgan fingerprint density at radius 3 is 2.25 bits per heavy atom. The molecule has 6 heteroatoms. The Labute approximate surface area is 56.5 Å². The first-order valence-corrected chi connectivity index (χ1v) is 2.21. The fraction of sp³-hybridized carbons (Fsp3) is 0. The summed E-state index contributed by atoms with van der Waals surface area (Å²) in [7, 11) is 0. The Morgan fingerprint density at radius 1 is 1.38 bits per heavy atom. The summed E-state index contributed by atoms with van der Waals surface area (Å²) in [5.41, 5.74) is 0. The molecule has 0 radical (unpaired) electrons. The lowest BCUT2D eigenvalue weighted by molar-refractivity contribution is 0.316. The lowest BCUT2D eigenvalue weighted by Crippen LogP contribution is -1.97. The molecule has 0 aromatic heterocycles. The number of hydrogen-bond acceptors (Lipinski definition) is 4. The third-order valence-corrected chi connectivity index (χ3v) is 0.938. The monoisotopic (exact) mass is 157 g/mol. The van der Waals surface area contributed by atoms with Gasteiger partial charge in [0.05, 0.1) is 0 Å². The lowest BCUT2D eigenvalue weighted by atomic mass is 10.8. The zero-order chi connectivity index (χ0) is 7.28. The second-order valence-electron chi connectivity index (χ2n) is 0.773. The Kier molecular flexibility index (Phi) is 2.48. The van der Waals surface area contributed by atoms with E-state index in [-0.39, 0.29) is 5.17 Å². The largest absolute Gasteiger partial charge is 0.410 e. The molecule has 0 unspecified atom stereocenters. The highest BCUT2D eigenvalue weighted by atomic mass is 35.5. The molecule has 46 valence electrons. The summed E-state index contributed by atoms with van der Waals surface area (Å²) in [5, 5.41) is 15.8. The smallest absolute Gasteiger partial charge is 0.330 e. The molecule has 0 saturated carbocycles. The molecule has 4 nitrogen and oxygen atoms in total. The van der Waals surface area contributed by atoms with E-state index in [0.29, 0.717) is 0 Å². The maximum Gasteiger partial charge on any atom is 0.330 e. The molecule has 0 rings (SSSR count). The van der Waals surface area contributed by atoms with Gasteiger partial charge in [0.2, 0.25) is 10.3 Å². The van der Waals surface area contributed by atoms with E-state index in [1.807, 2.05) is 0 Å². The normalized spacial score (nSPS) is 15.5. The van der Waals surface area contributed by atoms with Crippen molar-refractivity contribution in [3.05, 3.63) is 0 Å². The highest BCUT2D eigenvalue weighted by molar-refractivity contribution is 7.00. The van der Waals surface area contributed by atoms with Gasteiger partial charge in [-0.15, -0.1) is 0 Å². The average molecular weight is 158 g/mol. The maximum absolute atomic E-state index is 7.91. The molecular weight excluding hydrogens is 155 g/mol. The van der Waals surface area contributed by atoms with Gasteiger partial charge in [-0.1, -0.05) is 33.5 Å². The van der Waals surface area contributed by atoms with Gasteiger partial charge >= 0.3 is 1.43 Å².